The average molecular weight is 307 g/mol. The molecule has 0 aromatic heterocycles. The standard InChI is InChI=1S/C13H17F4N3O/c1-20(2)4-3-19-11(12(18)21)8-5-9(13(15,16)17)7-10(14)6-8/h5-7,11,19H,3-4H2,1-2H3,(H2,18,21). The molecule has 1 rings (SSSR count). The number of hydrogen-bond donors (Lipinski definition) is 2. The number of hydrogen-bond acceptors (Lipinski definition) is 3. The number of benzene rings is 1. The summed E-state index contributed by atoms with van der Waals surface area (Å²) in [6, 6.07) is 0.789. The first kappa shape index (κ1) is 17.4. The Kier molecular flexibility index (Phi) is 5.68. The molecule has 1 amide bonds. The monoisotopic (exact) mass is 307 g/mol. The van der Waals surface area contributed by atoms with Gasteiger partial charge in [-0.25, -0.2) is 4.39 Å². The van der Waals surface area contributed by atoms with Crippen molar-refractivity contribution in [2.75, 3.05) is 27.2 Å². The van der Waals surface area contributed by atoms with Crippen LogP contribution in [0, 0.1) is 5.82 Å². The van der Waals surface area contributed by atoms with Crippen LogP contribution in [0.25, 0.3) is 0 Å². The van der Waals surface area contributed by atoms with Gasteiger partial charge < -0.3 is 16.0 Å². The highest BCUT2D eigenvalue weighted by atomic mass is 19.4. The van der Waals surface area contributed by atoms with E-state index in [-0.39, 0.29) is 5.56 Å². The highest BCUT2D eigenvalue weighted by Crippen LogP contribution is 2.31. The zero-order valence-electron chi connectivity index (χ0n) is 11.7. The van der Waals surface area contributed by atoms with Gasteiger partial charge in [0, 0.05) is 13.1 Å². The van der Waals surface area contributed by atoms with Crippen LogP contribution in [0.1, 0.15) is 17.2 Å². The Morgan fingerprint density at radius 3 is 2.43 bits per heavy atom. The molecular formula is C13H17F4N3O. The van der Waals surface area contributed by atoms with Crippen molar-refractivity contribution < 1.29 is 22.4 Å². The van der Waals surface area contributed by atoms with Crippen LogP contribution in [-0.4, -0.2) is 38.0 Å². The number of rotatable bonds is 6. The number of nitrogens with zero attached hydrogens (tertiary/aromatic N) is 1. The Labute approximate surface area is 119 Å². The minimum Gasteiger partial charge on any atom is -0.368 e. The van der Waals surface area contributed by atoms with Gasteiger partial charge in [-0.05, 0) is 37.9 Å². The Balaban J connectivity index is 3.03. The van der Waals surface area contributed by atoms with Gasteiger partial charge in [0.25, 0.3) is 0 Å². The summed E-state index contributed by atoms with van der Waals surface area (Å²) >= 11 is 0. The molecule has 1 aromatic carbocycles. The fourth-order valence-electron chi connectivity index (χ4n) is 1.76. The predicted octanol–water partition coefficient (Wildman–Crippen LogP) is 1.52. The van der Waals surface area contributed by atoms with Gasteiger partial charge in [-0.1, -0.05) is 0 Å². The summed E-state index contributed by atoms with van der Waals surface area (Å²) in [5.74, 6) is -1.94. The Hall–Kier alpha value is -1.67. The van der Waals surface area contributed by atoms with Gasteiger partial charge in [-0.3, -0.25) is 4.79 Å². The molecule has 21 heavy (non-hydrogen) atoms. The average Bonchev–Trinajstić information content (AvgIpc) is 2.31. The van der Waals surface area contributed by atoms with E-state index in [0.29, 0.717) is 19.2 Å². The lowest BCUT2D eigenvalue weighted by atomic mass is 10.0. The van der Waals surface area contributed by atoms with E-state index in [4.69, 9.17) is 5.73 Å². The maximum Gasteiger partial charge on any atom is 0.416 e. The van der Waals surface area contributed by atoms with E-state index in [1.54, 1.807) is 14.1 Å². The molecule has 0 spiro atoms. The summed E-state index contributed by atoms with van der Waals surface area (Å²) in [6.45, 7) is 0.865. The zero-order valence-corrected chi connectivity index (χ0v) is 11.7. The minimum absolute atomic E-state index is 0.145. The van der Waals surface area contributed by atoms with Crippen LogP contribution in [-0.2, 0) is 11.0 Å². The van der Waals surface area contributed by atoms with Gasteiger partial charge in [0.15, 0.2) is 0 Å². The van der Waals surface area contributed by atoms with Gasteiger partial charge in [0.2, 0.25) is 5.91 Å². The number of carbonyl (C=O) groups excluding carboxylic acids is 1. The maximum atomic E-state index is 13.3. The molecule has 0 heterocycles. The molecule has 0 aliphatic rings. The van der Waals surface area contributed by atoms with Crippen molar-refractivity contribution in [3.05, 3.63) is 35.1 Å². The van der Waals surface area contributed by atoms with Gasteiger partial charge in [0.1, 0.15) is 11.9 Å². The molecule has 0 saturated carbocycles. The fourth-order valence-corrected chi connectivity index (χ4v) is 1.76. The summed E-state index contributed by atoms with van der Waals surface area (Å²) < 4.78 is 51.3. The van der Waals surface area contributed by atoms with Crippen LogP contribution < -0.4 is 11.1 Å². The third kappa shape index (κ3) is 5.31. The van der Waals surface area contributed by atoms with E-state index < -0.39 is 29.5 Å². The minimum atomic E-state index is -4.69. The van der Waals surface area contributed by atoms with E-state index in [2.05, 4.69) is 5.32 Å². The molecule has 1 aromatic rings. The van der Waals surface area contributed by atoms with Crippen LogP contribution in [0.2, 0.25) is 0 Å². The van der Waals surface area contributed by atoms with E-state index >= 15 is 0 Å². The Morgan fingerprint density at radius 2 is 1.95 bits per heavy atom. The molecule has 0 aliphatic heterocycles. The first-order valence-electron chi connectivity index (χ1n) is 6.16. The predicted molar refractivity (Wildman–Crippen MR) is 69.9 cm³/mol. The number of likely N-dealkylation sites (N-methyl/N-ethyl adjacent to an activating group) is 1. The van der Waals surface area contributed by atoms with Gasteiger partial charge in [-0.2, -0.15) is 13.2 Å². The number of halogens is 4. The maximum absolute atomic E-state index is 13.3. The molecule has 1 unspecified atom stereocenters. The van der Waals surface area contributed by atoms with Gasteiger partial charge in [-0.15, -0.1) is 0 Å². The van der Waals surface area contributed by atoms with Crippen molar-refractivity contribution in [3.63, 3.8) is 0 Å². The molecule has 0 fully saturated rings. The molecular weight excluding hydrogens is 290 g/mol. The smallest absolute Gasteiger partial charge is 0.368 e. The van der Waals surface area contributed by atoms with Crippen LogP contribution in [0.5, 0.6) is 0 Å². The lowest BCUT2D eigenvalue weighted by Crippen LogP contribution is -2.37. The number of nitrogens with two attached hydrogens (primary N) is 1. The number of primary amides is 1. The lowest BCUT2D eigenvalue weighted by molar-refractivity contribution is -0.138. The summed E-state index contributed by atoms with van der Waals surface area (Å²) in [4.78, 5) is 13.2. The van der Waals surface area contributed by atoms with Crippen LogP contribution in [0.3, 0.4) is 0 Å². The number of alkyl halides is 3. The van der Waals surface area contributed by atoms with Gasteiger partial charge >= 0.3 is 6.18 Å². The van der Waals surface area contributed by atoms with Crippen LogP contribution >= 0.6 is 0 Å². The van der Waals surface area contributed by atoms with Crippen molar-refractivity contribution in [2.24, 2.45) is 5.73 Å². The number of amides is 1. The summed E-state index contributed by atoms with van der Waals surface area (Å²) in [5, 5.41) is 2.72. The SMILES string of the molecule is CN(C)CCNC(C(N)=O)c1cc(F)cc(C(F)(F)F)c1. The fraction of sp³-hybridized carbons (Fsp3) is 0.462. The third-order valence-corrected chi connectivity index (χ3v) is 2.77. The van der Waals surface area contributed by atoms with Gasteiger partial charge in [0.05, 0.1) is 5.56 Å². The Morgan fingerprint density at radius 1 is 1.33 bits per heavy atom. The number of carbonyl (C=O) groups is 1. The normalized spacial score (nSPS) is 13.5. The first-order valence-corrected chi connectivity index (χ1v) is 6.16. The molecule has 118 valence electrons. The second-order valence-electron chi connectivity index (χ2n) is 4.86. The van der Waals surface area contributed by atoms with E-state index in [1.165, 1.54) is 0 Å². The van der Waals surface area contributed by atoms with Crippen LogP contribution in [0.15, 0.2) is 18.2 Å². The first-order chi connectivity index (χ1) is 9.61. The molecule has 0 bridgehead atoms. The highest BCUT2D eigenvalue weighted by molar-refractivity contribution is 5.81. The molecule has 0 aliphatic carbocycles. The Bertz CT molecular complexity index is 503. The molecule has 8 heteroatoms. The summed E-state index contributed by atoms with van der Waals surface area (Å²) in [5.41, 5.74) is 3.88. The van der Waals surface area contributed by atoms with Crippen molar-refractivity contribution >= 4 is 5.91 Å². The molecule has 4 nitrogen and oxygen atoms in total. The summed E-state index contributed by atoms with van der Waals surface area (Å²) in [7, 11) is 3.59. The third-order valence-electron chi connectivity index (χ3n) is 2.77. The van der Waals surface area contributed by atoms with Crippen molar-refractivity contribution in [3.8, 4) is 0 Å². The molecule has 0 radical (unpaired) electrons. The quantitative estimate of drug-likeness (QED) is 0.784. The molecule has 0 saturated heterocycles. The topological polar surface area (TPSA) is 58.4 Å². The number of nitrogens with one attached hydrogen (secondary N) is 1. The second kappa shape index (κ2) is 6.86. The largest absolute Gasteiger partial charge is 0.416 e. The van der Waals surface area contributed by atoms with E-state index in [1.807, 2.05) is 4.90 Å². The highest BCUT2D eigenvalue weighted by Gasteiger charge is 2.32. The lowest BCUT2D eigenvalue weighted by Gasteiger charge is -2.19. The van der Waals surface area contributed by atoms with Crippen molar-refractivity contribution in [2.45, 2.75) is 12.2 Å². The van der Waals surface area contributed by atoms with Crippen molar-refractivity contribution in [1.29, 1.82) is 0 Å². The molecule has 3 N–H and O–H groups in total. The van der Waals surface area contributed by atoms with Crippen LogP contribution in [0.4, 0.5) is 17.6 Å². The van der Waals surface area contributed by atoms with Crippen molar-refractivity contribution in [1.82, 2.24) is 10.2 Å². The summed E-state index contributed by atoms with van der Waals surface area (Å²) in [6.07, 6.45) is -4.69. The van der Waals surface area contributed by atoms with E-state index in [0.717, 1.165) is 12.1 Å². The van der Waals surface area contributed by atoms with E-state index in [9.17, 15) is 22.4 Å². The second-order valence-corrected chi connectivity index (χ2v) is 4.86. The zero-order chi connectivity index (χ0) is 16.2. The molecule has 1 atom stereocenters.